The highest BCUT2D eigenvalue weighted by molar-refractivity contribution is 5.59. The topological polar surface area (TPSA) is 84.6 Å². The van der Waals surface area contributed by atoms with Crippen molar-refractivity contribution < 1.29 is 19.2 Å². The molecular formula is C13H19FN2O4. The first-order valence-electron chi connectivity index (χ1n) is 6.28. The SMILES string of the molecule is CCC(C)(CCO)Nc1cc(OC)c([N+](=O)[O-])cc1F. The van der Waals surface area contributed by atoms with Crippen LogP contribution in [0.5, 0.6) is 5.75 Å². The van der Waals surface area contributed by atoms with E-state index in [9.17, 15) is 14.5 Å². The third kappa shape index (κ3) is 3.57. The molecule has 7 heteroatoms. The Morgan fingerprint density at radius 1 is 1.55 bits per heavy atom. The predicted octanol–water partition coefficient (Wildman–Crippen LogP) is 2.71. The third-order valence-electron chi connectivity index (χ3n) is 3.35. The van der Waals surface area contributed by atoms with E-state index in [0.717, 1.165) is 6.07 Å². The second-order valence-corrected chi connectivity index (χ2v) is 4.77. The maximum Gasteiger partial charge on any atom is 0.313 e. The van der Waals surface area contributed by atoms with Crippen molar-refractivity contribution in [3.05, 3.63) is 28.1 Å². The van der Waals surface area contributed by atoms with Crippen LogP contribution < -0.4 is 10.1 Å². The molecule has 0 saturated carbocycles. The van der Waals surface area contributed by atoms with Crippen LogP contribution >= 0.6 is 0 Å². The molecule has 0 spiro atoms. The molecule has 6 nitrogen and oxygen atoms in total. The molecule has 0 aliphatic rings. The maximum absolute atomic E-state index is 13.9. The zero-order chi connectivity index (χ0) is 15.3. The molecule has 0 aromatic heterocycles. The van der Waals surface area contributed by atoms with Crippen molar-refractivity contribution in [3.8, 4) is 5.75 Å². The van der Waals surface area contributed by atoms with Gasteiger partial charge < -0.3 is 15.2 Å². The van der Waals surface area contributed by atoms with Gasteiger partial charge in [0.1, 0.15) is 0 Å². The third-order valence-corrected chi connectivity index (χ3v) is 3.35. The van der Waals surface area contributed by atoms with Gasteiger partial charge in [-0.05, 0) is 19.8 Å². The molecule has 1 aromatic rings. The standard InChI is InChI=1S/C13H19FN2O4/c1-4-13(2,5-6-17)15-10-8-12(20-3)11(16(18)19)7-9(10)14/h7-8,15,17H,4-6H2,1-3H3. The van der Waals surface area contributed by atoms with Crippen LogP contribution in [0.1, 0.15) is 26.7 Å². The first kappa shape index (κ1) is 16.2. The van der Waals surface area contributed by atoms with Crippen molar-refractivity contribution in [2.24, 2.45) is 0 Å². The number of ether oxygens (including phenoxy) is 1. The Balaban J connectivity index is 3.16. The molecule has 1 rings (SSSR count). The van der Waals surface area contributed by atoms with Crippen LogP contribution in [-0.2, 0) is 0 Å². The number of benzene rings is 1. The summed E-state index contributed by atoms with van der Waals surface area (Å²) in [7, 11) is 1.29. The molecule has 112 valence electrons. The zero-order valence-electron chi connectivity index (χ0n) is 11.8. The average molecular weight is 286 g/mol. The van der Waals surface area contributed by atoms with E-state index in [0.29, 0.717) is 12.8 Å². The Morgan fingerprint density at radius 3 is 2.65 bits per heavy atom. The molecule has 0 heterocycles. The van der Waals surface area contributed by atoms with Gasteiger partial charge in [0.05, 0.1) is 23.8 Å². The number of anilines is 1. The van der Waals surface area contributed by atoms with Crippen molar-refractivity contribution in [2.45, 2.75) is 32.2 Å². The molecule has 2 N–H and O–H groups in total. The van der Waals surface area contributed by atoms with Gasteiger partial charge >= 0.3 is 5.69 Å². The van der Waals surface area contributed by atoms with Gasteiger partial charge in [0, 0.05) is 18.2 Å². The quantitative estimate of drug-likeness (QED) is 0.594. The van der Waals surface area contributed by atoms with Crippen molar-refractivity contribution in [3.63, 3.8) is 0 Å². The van der Waals surface area contributed by atoms with Crippen molar-refractivity contribution >= 4 is 11.4 Å². The first-order valence-corrected chi connectivity index (χ1v) is 6.28. The molecule has 1 unspecified atom stereocenters. The van der Waals surface area contributed by atoms with E-state index < -0.39 is 22.0 Å². The lowest BCUT2D eigenvalue weighted by Gasteiger charge is -2.30. The number of nitrogens with one attached hydrogen (secondary N) is 1. The van der Waals surface area contributed by atoms with Crippen LogP contribution in [0, 0.1) is 15.9 Å². The first-order chi connectivity index (χ1) is 9.36. The lowest BCUT2D eigenvalue weighted by atomic mass is 9.94. The second-order valence-electron chi connectivity index (χ2n) is 4.77. The number of nitrogens with zero attached hydrogens (tertiary/aromatic N) is 1. The largest absolute Gasteiger partial charge is 0.490 e. The van der Waals surface area contributed by atoms with Crippen molar-refractivity contribution in [1.82, 2.24) is 0 Å². The number of methoxy groups -OCH3 is 1. The minimum atomic E-state index is -0.727. The van der Waals surface area contributed by atoms with Crippen molar-refractivity contribution in [2.75, 3.05) is 19.0 Å². The van der Waals surface area contributed by atoms with Gasteiger partial charge in [-0.2, -0.15) is 0 Å². The monoisotopic (exact) mass is 286 g/mol. The van der Waals surface area contributed by atoms with E-state index in [1.807, 2.05) is 13.8 Å². The zero-order valence-corrected chi connectivity index (χ0v) is 11.8. The van der Waals surface area contributed by atoms with Crippen LogP contribution in [-0.4, -0.2) is 29.3 Å². The van der Waals surface area contributed by atoms with E-state index >= 15 is 0 Å². The summed E-state index contributed by atoms with van der Waals surface area (Å²) in [6, 6.07) is 2.09. The number of nitro groups is 1. The van der Waals surface area contributed by atoms with E-state index in [1.54, 1.807) is 0 Å². The molecule has 0 aliphatic carbocycles. The normalized spacial score (nSPS) is 13.7. The molecule has 20 heavy (non-hydrogen) atoms. The number of aliphatic hydroxyl groups is 1. The van der Waals surface area contributed by atoms with E-state index in [1.165, 1.54) is 13.2 Å². The lowest BCUT2D eigenvalue weighted by Crippen LogP contribution is -2.35. The molecule has 0 fully saturated rings. The highest BCUT2D eigenvalue weighted by Crippen LogP contribution is 2.34. The van der Waals surface area contributed by atoms with Crippen LogP contribution in [0.25, 0.3) is 0 Å². The Labute approximate surface area is 116 Å². The number of hydrogen-bond acceptors (Lipinski definition) is 5. The van der Waals surface area contributed by atoms with Gasteiger partial charge in [-0.1, -0.05) is 6.92 Å². The van der Waals surface area contributed by atoms with Crippen LogP contribution in [0.4, 0.5) is 15.8 Å². The van der Waals surface area contributed by atoms with Crippen LogP contribution in [0.15, 0.2) is 12.1 Å². The predicted molar refractivity (Wildman–Crippen MR) is 73.6 cm³/mol. The average Bonchev–Trinajstić information content (AvgIpc) is 2.40. The molecular weight excluding hydrogens is 267 g/mol. The Hall–Kier alpha value is -1.89. The number of rotatable bonds is 7. The minimum absolute atomic E-state index is 0.0126. The lowest BCUT2D eigenvalue weighted by molar-refractivity contribution is -0.385. The van der Waals surface area contributed by atoms with Gasteiger partial charge in [0.2, 0.25) is 0 Å². The molecule has 0 amide bonds. The Kier molecular flexibility index (Phi) is 5.26. The van der Waals surface area contributed by atoms with Gasteiger partial charge in [-0.25, -0.2) is 4.39 Å². The number of halogens is 1. The fourth-order valence-electron chi connectivity index (χ4n) is 1.84. The summed E-state index contributed by atoms with van der Waals surface area (Å²) in [4.78, 5) is 10.1. The Morgan fingerprint density at radius 2 is 2.20 bits per heavy atom. The summed E-state index contributed by atoms with van der Waals surface area (Å²) in [5.41, 5.74) is -0.808. The highest BCUT2D eigenvalue weighted by Gasteiger charge is 2.25. The smallest absolute Gasteiger partial charge is 0.313 e. The summed E-state index contributed by atoms with van der Waals surface area (Å²) in [6.45, 7) is 3.71. The highest BCUT2D eigenvalue weighted by atomic mass is 19.1. The summed E-state index contributed by atoms with van der Waals surface area (Å²) < 4.78 is 18.9. The number of nitro benzene ring substituents is 1. The van der Waals surface area contributed by atoms with Crippen LogP contribution in [0.3, 0.4) is 0 Å². The van der Waals surface area contributed by atoms with E-state index in [-0.39, 0.29) is 18.0 Å². The molecule has 0 radical (unpaired) electrons. The van der Waals surface area contributed by atoms with E-state index in [2.05, 4.69) is 5.32 Å². The minimum Gasteiger partial charge on any atom is -0.490 e. The van der Waals surface area contributed by atoms with Gasteiger partial charge in [-0.3, -0.25) is 10.1 Å². The molecule has 0 bridgehead atoms. The Bertz CT molecular complexity index is 496. The van der Waals surface area contributed by atoms with Gasteiger partial charge in [-0.15, -0.1) is 0 Å². The fraction of sp³-hybridized carbons (Fsp3) is 0.538. The molecule has 0 saturated heterocycles. The summed E-state index contributed by atoms with van der Waals surface area (Å²) in [5, 5.41) is 22.8. The second kappa shape index (κ2) is 6.51. The van der Waals surface area contributed by atoms with E-state index in [4.69, 9.17) is 9.84 Å². The molecule has 1 atom stereocenters. The summed E-state index contributed by atoms with van der Waals surface area (Å²) in [5.74, 6) is -0.739. The maximum atomic E-state index is 13.9. The summed E-state index contributed by atoms with van der Waals surface area (Å²) in [6.07, 6.45) is 1.09. The van der Waals surface area contributed by atoms with Crippen molar-refractivity contribution in [1.29, 1.82) is 0 Å². The number of aliphatic hydroxyl groups excluding tert-OH is 1. The van der Waals surface area contributed by atoms with Crippen LogP contribution in [0.2, 0.25) is 0 Å². The molecule has 0 aliphatic heterocycles. The number of hydrogen-bond donors (Lipinski definition) is 2. The molecule has 1 aromatic carbocycles. The van der Waals surface area contributed by atoms with Gasteiger partial charge in [0.15, 0.2) is 11.6 Å². The van der Waals surface area contributed by atoms with Gasteiger partial charge in [0.25, 0.3) is 0 Å². The fourth-order valence-corrected chi connectivity index (χ4v) is 1.84. The summed E-state index contributed by atoms with van der Waals surface area (Å²) >= 11 is 0.